The van der Waals surface area contributed by atoms with E-state index >= 15 is 0 Å². The summed E-state index contributed by atoms with van der Waals surface area (Å²) in [4.78, 5) is 12.5. The number of carbonyl (C=O) groups excluding carboxylic acids is 1. The molecule has 1 aliphatic heterocycles. The van der Waals surface area contributed by atoms with Crippen molar-refractivity contribution in [3.63, 3.8) is 0 Å². The van der Waals surface area contributed by atoms with E-state index in [4.69, 9.17) is 4.74 Å². The van der Waals surface area contributed by atoms with Crippen LogP contribution in [0.25, 0.3) is 0 Å². The van der Waals surface area contributed by atoms with Gasteiger partial charge < -0.3 is 15.2 Å². The maximum atomic E-state index is 12.5. The van der Waals surface area contributed by atoms with Crippen LogP contribution in [0.3, 0.4) is 0 Å². The molecule has 0 unspecified atom stereocenters. The maximum Gasteiger partial charge on any atom is 0.311 e. The standard InChI is InChI=1S/C19H21NO3/c21-17-11-16(12-20-13-17)19(22)23-18(14-7-3-1-4-8-14)15-9-5-2-6-10-15/h1-10,16-18,20-21H,11-13H2/t16-,17+/m1/s1. The molecule has 0 bridgehead atoms. The fraction of sp³-hybridized carbons (Fsp3) is 0.316. The normalized spacial score (nSPS) is 21.1. The Hall–Kier alpha value is -2.17. The molecule has 1 heterocycles. The summed E-state index contributed by atoms with van der Waals surface area (Å²) in [6, 6.07) is 19.4. The summed E-state index contributed by atoms with van der Waals surface area (Å²) in [5.74, 6) is -0.581. The van der Waals surface area contributed by atoms with E-state index in [2.05, 4.69) is 5.32 Å². The maximum absolute atomic E-state index is 12.5. The van der Waals surface area contributed by atoms with Gasteiger partial charge in [-0.2, -0.15) is 0 Å². The number of benzene rings is 2. The number of esters is 1. The molecule has 4 nitrogen and oxygen atoms in total. The van der Waals surface area contributed by atoms with Crippen LogP contribution in [-0.2, 0) is 9.53 Å². The summed E-state index contributed by atoms with van der Waals surface area (Å²) in [7, 11) is 0. The number of hydrogen-bond donors (Lipinski definition) is 2. The molecule has 0 radical (unpaired) electrons. The van der Waals surface area contributed by atoms with E-state index in [1.165, 1.54) is 0 Å². The van der Waals surface area contributed by atoms with Crippen molar-refractivity contribution in [2.45, 2.75) is 18.6 Å². The van der Waals surface area contributed by atoms with Gasteiger partial charge >= 0.3 is 5.97 Å². The molecule has 2 N–H and O–H groups in total. The average Bonchev–Trinajstić information content (AvgIpc) is 2.61. The number of aliphatic hydroxyl groups is 1. The number of carbonyl (C=O) groups is 1. The van der Waals surface area contributed by atoms with Gasteiger partial charge in [-0.1, -0.05) is 60.7 Å². The van der Waals surface area contributed by atoms with Crippen LogP contribution in [0.15, 0.2) is 60.7 Å². The fourth-order valence-corrected chi connectivity index (χ4v) is 2.90. The molecule has 2 aromatic carbocycles. The minimum absolute atomic E-state index is 0.269. The molecule has 0 saturated carbocycles. The summed E-state index contributed by atoms with van der Waals surface area (Å²) in [5.41, 5.74) is 1.88. The van der Waals surface area contributed by atoms with Crippen LogP contribution >= 0.6 is 0 Å². The van der Waals surface area contributed by atoms with Gasteiger partial charge in [0.2, 0.25) is 0 Å². The lowest BCUT2D eigenvalue weighted by atomic mass is 9.97. The van der Waals surface area contributed by atoms with Crippen LogP contribution in [-0.4, -0.2) is 30.3 Å². The van der Waals surface area contributed by atoms with E-state index in [0.717, 1.165) is 11.1 Å². The second kappa shape index (κ2) is 7.40. The molecular weight excluding hydrogens is 290 g/mol. The highest BCUT2D eigenvalue weighted by atomic mass is 16.5. The van der Waals surface area contributed by atoms with Crippen LogP contribution in [0, 0.1) is 5.92 Å². The summed E-state index contributed by atoms with van der Waals surface area (Å²) >= 11 is 0. The van der Waals surface area contributed by atoms with E-state index < -0.39 is 12.2 Å². The Morgan fingerprint density at radius 3 is 2.09 bits per heavy atom. The van der Waals surface area contributed by atoms with Crippen molar-refractivity contribution >= 4 is 5.97 Å². The van der Waals surface area contributed by atoms with Crippen LogP contribution < -0.4 is 5.32 Å². The van der Waals surface area contributed by atoms with Gasteiger partial charge in [0, 0.05) is 13.1 Å². The number of rotatable bonds is 4. The first-order valence-corrected chi connectivity index (χ1v) is 7.93. The van der Waals surface area contributed by atoms with Gasteiger partial charge in [-0.15, -0.1) is 0 Å². The van der Waals surface area contributed by atoms with Crippen molar-refractivity contribution in [3.05, 3.63) is 71.8 Å². The Morgan fingerprint density at radius 1 is 1.00 bits per heavy atom. The zero-order valence-electron chi connectivity index (χ0n) is 12.9. The number of hydrogen-bond acceptors (Lipinski definition) is 4. The van der Waals surface area contributed by atoms with Crippen molar-refractivity contribution < 1.29 is 14.6 Å². The highest BCUT2D eigenvalue weighted by Gasteiger charge is 2.29. The van der Waals surface area contributed by atoms with E-state index in [0.29, 0.717) is 19.5 Å². The average molecular weight is 311 g/mol. The summed E-state index contributed by atoms with van der Waals surface area (Å²) in [6.07, 6.45) is -0.473. The third-order valence-electron chi connectivity index (χ3n) is 4.10. The van der Waals surface area contributed by atoms with Gasteiger partial charge in [0.1, 0.15) is 0 Å². The van der Waals surface area contributed by atoms with E-state index in [-0.39, 0.29) is 11.9 Å². The SMILES string of the molecule is O=C(OC(c1ccccc1)c1ccccc1)[C@H]1CNC[C@@H](O)C1. The molecule has 120 valence electrons. The van der Waals surface area contributed by atoms with E-state index in [1.54, 1.807) is 0 Å². The van der Waals surface area contributed by atoms with Gasteiger partial charge in [-0.3, -0.25) is 4.79 Å². The Labute approximate surface area is 136 Å². The molecule has 0 amide bonds. The molecule has 2 atom stereocenters. The van der Waals surface area contributed by atoms with Crippen LogP contribution in [0.4, 0.5) is 0 Å². The first-order chi connectivity index (χ1) is 11.2. The quantitative estimate of drug-likeness (QED) is 0.851. The van der Waals surface area contributed by atoms with Crippen LogP contribution in [0.2, 0.25) is 0 Å². The van der Waals surface area contributed by atoms with Crippen molar-refractivity contribution in [1.29, 1.82) is 0 Å². The van der Waals surface area contributed by atoms with Crippen LogP contribution in [0.5, 0.6) is 0 Å². The molecule has 0 aromatic heterocycles. The Bertz CT molecular complexity index is 590. The molecular formula is C19H21NO3. The monoisotopic (exact) mass is 311 g/mol. The Morgan fingerprint density at radius 2 is 1.57 bits per heavy atom. The summed E-state index contributed by atoms with van der Waals surface area (Å²) < 4.78 is 5.82. The second-order valence-corrected chi connectivity index (χ2v) is 5.88. The van der Waals surface area contributed by atoms with Crippen LogP contribution in [0.1, 0.15) is 23.7 Å². The zero-order chi connectivity index (χ0) is 16.1. The fourth-order valence-electron chi connectivity index (χ4n) is 2.90. The van der Waals surface area contributed by atoms with Gasteiger partial charge in [0.25, 0.3) is 0 Å². The van der Waals surface area contributed by atoms with Crippen molar-refractivity contribution in [2.75, 3.05) is 13.1 Å². The predicted molar refractivity (Wildman–Crippen MR) is 87.8 cm³/mol. The van der Waals surface area contributed by atoms with Gasteiger partial charge in [0.05, 0.1) is 12.0 Å². The minimum atomic E-state index is -0.492. The molecule has 3 rings (SSSR count). The number of ether oxygens (including phenoxy) is 1. The summed E-state index contributed by atoms with van der Waals surface area (Å²) in [5, 5.41) is 12.8. The third-order valence-corrected chi connectivity index (χ3v) is 4.10. The molecule has 1 saturated heterocycles. The largest absolute Gasteiger partial charge is 0.452 e. The highest BCUT2D eigenvalue weighted by Crippen LogP contribution is 2.27. The molecule has 1 fully saturated rings. The van der Waals surface area contributed by atoms with E-state index in [1.807, 2.05) is 60.7 Å². The van der Waals surface area contributed by atoms with Crippen molar-refractivity contribution in [2.24, 2.45) is 5.92 Å². The lowest BCUT2D eigenvalue weighted by Crippen LogP contribution is -2.43. The topological polar surface area (TPSA) is 58.6 Å². The molecule has 1 aliphatic rings. The highest BCUT2D eigenvalue weighted by molar-refractivity contribution is 5.73. The predicted octanol–water partition coefficient (Wildman–Crippen LogP) is 2.29. The molecule has 4 heteroatoms. The number of piperidine rings is 1. The molecule has 23 heavy (non-hydrogen) atoms. The molecule has 0 spiro atoms. The van der Waals surface area contributed by atoms with Crippen molar-refractivity contribution in [1.82, 2.24) is 5.32 Å². The van der Waals surface area contributed by atoms with Gasteiger partial charge in [-0.25, -0.2) is 0 Å². The molecule has 0 aliphatic carbocycles. The third kappa shape index (κ3) is 3.97. The Balaban J connectivity index is 1.80. The number of aliphatic hydroxyl groups excluding tert-OH is 1. The Kier molecular flexibility index (Phi) is 5.05. The first-order valence-electron chi connectivity index (χ1n) is 7.93. The number of nitrogens with one attached hydrogen (secondary N) is 1. The molecule has 2 aromatic rings. The lowest BCUT2D eigenvalue weighted by molar-refractivity contribution is -0.154. The minimum Gasteiger partial charge on any atom is -0.452 e. The second-order valence-electron chi connectivity index (χ2n) is 5.88. The first kappa shape index (κ1) is 15.7. The van der Waals surface area contributed by atoms with Gasteiger partial charge in [-0.05, 0) is 17.5 Å². The summed E-state index contributed by atoms with van der Waals surface area (Å²) in [6.45, 7) is 1.08. The lowest BCUT2D eigenvalue weighted by Gasteiger charge is -2.27. The van der Waals surface area contributed by atoms with Gasteiger partial charge in [0.15, 0.2) is 6.10 Å². The number of β-amino-alcohol motifs (C(OH)–C–C–N with tert-alkyl or cyclic N) is 1. The van der Waals surface area contributed by atoms with E-state index in [9.17, 15) is 9.90 Å². The smallest absolute Gasteiger partial charge is 0.311 e. The zero-order valence-corrected chi connectivity index (χ0v) is 12.9. The van der Waals surface area contributed by atoms with Crippen molar-refractivity contribution in [3.8, 4) is 0 Å².